The number of anilines is 2. The van der Waals surface area contributed by atoms with Crippen LogP contribution in [-0.2, 0) is 11.3 Å². The number of carbonyl (C=O) groups excluding carboxylic acids is 1. The molecule has 1 amide bonds. The predicted molar refractivity (Wildman–Crippen MR) is 89.0 cm³/mol. The quantitative estimate of drug-likeness (QED) is 0.446. The van der Waals surface area contributed by atoms with Gasteiger partial charge in [0.2, 0.25) is 0 Å². The van der Waals surface area contributed by atoms with Crippen LogP contribution >= 0.6 is 0 Å². The molecule has 0 aliphatic carbocycles. The van der Waals surface area contributed by atoms with E-state index in [9.17, 15) is 4.79 Å². The van der Waals surface area contributed by atoms with Crippen LogP contribution in [-0.4, -0.2) is 10.9 Å². The SMILES string of the molecule is Cc1ccc(N/C=C(/C#N)C(=O)NCc2cccnc2)c(N)c1. The molecule has 0 aliphatic rings. The Kier molecular flexibility index (Phi) is 5.31. The second kappa shape index (κ2) is 7.61. The number of aryl methyl sites for hydroxylation is 1. The van der Waals surface area contributed by atoms with Crippen molar-refractivity contribution in [1.29, 1.82) is 5.26 Å². The maximum atomic E-state index is 12.0. The number of nitrogens with one attached hydrogen (secondary N) is 2. The van der Waals surface area contributed by atoms with E-state index in [0.29, 0.717) is 17.9 Å². The molecule has 0 atom stereocenters. The highest BCUT2D eigenvalue weighted by Gasteiger charge is 2.08. The molecule has 4 N–H and O–H groups in total. The number of amides is 1. The summed E-state index contributed by atoms with van der Waals surface area (Å²) in [6.45, 7) is 2.24. The molecule has 6 heteroatoms. The zero-order valence-electron chi connectivity index (χ0n) is 12.7. The zero-order valence-corrected chi connectivity index (χ0v) is 12.7. The van der Waals surface area contributed by atoms with Gasteiger partial charge in [0.15, 0.2) is 0 Å². The summed E-state index contributed by atoms with van der Waals surface area (Å²) < 4.78 is 0. The van der Waals surface area contributed by atoms with Crippen LogP contribution in [0.5, 0.6) is 0 Å². The molecular weight excluding hydrogens is 290 g/mol. The number of nitrogens with zero attached hydrogens (tertiary/aromatic N) is 2. The highest BCUT2D eigenvalue weighted by Crippen LogP contribution is 2.19. The fraction of sp³-hybridized carbons (Fsp3) is 0.118. The fourth-order valence-electron chi connectivity index (χ4n) is 1.89. The summed E-state index contributed by atoms with van der Waals surface area (Å²) in [5, 5.41) is 14.7. The Morgan fingerprint density at radius 1 is 1.43 bits per heavy atom. The van der Waals surface area contributed by atoms with Crippen molar-refractivity contribution in [2.75, 3.05) is 11.1 Å². The van der Waals surface area contributed by atoms with Crippen molar-refractivity contribution in [3.8, 4) is 6.07 Å². The van der Waals surface area contributed by atoms with Crippen LogP contribution in [0.1, 0.15) is 11.1 Å². The van der Waals surface area contributed by atoms with Crippen LogP contribution in [0.3, 0.4) is 0 Å². The minimum absolute atomic E-state index is 0.0335. The Morgan fingerprint density at radius 2 is 2.26 bits per heavy atom. The first-order valence-corrected chi connectivity index (χ1v) is 7.00. The highest BCUT2D eigenvalue weighted by molar-refractivity contribution is 5.97. The van der Waals surface area contributed by atoms with Crippen molar-refractivity contribution in [3.63, 3.8) is 0 Å². The molecule has 1 aromatic carbocycles. The maximum Gasteiger partial charge on any atom is 0.263 e. The van der Waals surface area contributed by atoms with Gasteiger partial charge in [-0.05, 0) is 36.2 Å². The molecule has 0 unspecified atom stereocenters. The number of hydrogen-bond acceptors (Lipinski definition) is 5. The van der Waals surface area contributed by atoms with Crippen molar-refractivity contribution in [3.05, 3.63) is 65.6 Å². The van der Waals surface area contributed by atoms with Crippen LogP contribution in [0, 0.1) is 18.3 Å². The number of rotatable bonds is 5. The summed E-state index contributed by atoms with van der Waals surface area (Å²) in [6.07, 6.45) is 4.66. The van der Waals surface area contributed by atoms with Gasteiger partial charge in [0, 0.05) is 25.1 Å². The first-order chi connectivity index (χ1) is 11.1. The van der Waals surface area contributed by atoms with E-state index in [0.717, 1.165) is 11.1 Å². The van der Waals surface area contributed by atoms with Crippen molar-refractivity contribution >= 4 is 17.3 Å². The van der Waals surface area contributed by atoms with Crippen molar-refractivity contribution in [1.82, 2.24) is 10.3 Å². The molecular formula is C17H17N5O. The monoisotopic (exact) mass is 307 g/mol. The normalized spacial score (nSPS) is 10.7. The molecule has 0 saturated heterocycles. The van der Waals surface area contributed by atoms with Crippen LogP contribution in [0.4, 0.5) is 11.4 Å². The number of pyridine rings is 1. The van der Waals surface area contributed by atoms with Gasteiger partial charge < -0.3 is 16.4 Å². The average molecular weight is 307 g/mol. The topological polar surface area (TPSA) is 104 Å². The molecule has 1 aromatic heterocycles. The third kappa shape index (κ3) is 4.58. The number of aromatic nitrogens is 1. The largest absolute Gasteiger partial charge is 0.397 e. The zero-order chi connectivity index (χ0) is 16.7. The number of carbonyl (C=O) groups is 1. The van der Waals surface area contributed by atoms with Gasteiger partial charge in [-0.3, -0.25) is 9.78 Å². The van der Waals surface area contributed by atoms with Crippen LogP contribution in [0.2, 0.25) is 0 Å². The highest BCUT2D eigenvalue weighted by atomic mass is 16.1. The van der Waals surface area contributed by atoms with E-state index >= 15 is 0 Å². The molecule has 0 saturated carbocycles. The Bertz CT molecular complexity index is 762. The van der Waals surface area contributed by atoms with Crippen LogP contribution in [0.25, 0.3) is 0 Å². The molecule has 2 rings (SSSR count). The standard InChI is InChI=1S/C17H17N5O/c1-12-4-5-16(15(19)7-12)21-11-14(8-18)17(23)22-10-13-3-2-6-20-9-13/h2-7,9,11,21H,10,19H2,1H3,(H,22,23)/b14-11-. The number of benzene rings is 1. The van der Waals surface area contributed by atoms with Crippen molar-refractivity contribution in [2.24, 2.45) is 0 Å². The Labute approximate surface area is 134 Å². The van der Waals surface area contributed by atoms with E-state index in [4.69, 9.17) is 11.0 Å². The first-order valence-electron chi connectivity index (χ1n) is 7.00. The molecule has 2 aromatic rings. The van der Waals surface area contributed by atoms with Crippen LogP contribution in [0.15, 0.2) is 54.5 Å². The number of nitrogens with two attached hydrogens (primary N) is 1. The lowest BCUT2D eigenvalue weighted by Crippen LogP contribution is -2.24. The number of nitrogen functional groups attached to an aromatic ring is 1. The van der Waals surface area contributed by atoms with Gasteiger partial charge in [-0.15, -0.1) is 0 Å². The Balaban J connectivity index is 2.00. The number of nitriles is 1. The lowest BCUT2D eigenvalue weighted by atomic mass is 10.2. The summed E-state index contributed by atoms with van der Waals surface area (Å²) in [7, 11) is 0. The van der Waals surface area contributed by atoms with Crippen molar-refractivity contribution in [2.45, 2.75) is 13.5 Å². The molecule has 116 valence electrons. The van der Waals surface area contributed by atoms with Gasteiger partial charge in [-0.25, -0.2) is 0 Å². The van der Waals surface area contributed by atoms with E-state index in [-0.39, 0.29) is 5.57 Å². The van der Waals surface area contributed by atoms with Gasteiger partial charge in [-0.1, -0.05) is 12.1 Å². The summed E-state index contributed by atoms with van der Waals surface area (Å²) in [5.41, 5.74) is 8.93. The van der Waals surface area contributed by atoms with E-state index in [1.54, 1.807) is 24.5 Å². The lowest BCUT2D eigenvalue weighted by molar-refractivity contribution is -0.117. The molecule has 6 nitrogen and oxygen atoms in total. The smallest absolute Gasteiger partial charge is 0.263 e. The molecule has 1 heterocycles. The Hall–Kier alpha value is -3.33. The summed E-state index contributed by atoms with van der Waals surface area (Å²) in [5.74, 6) is -0.463. The molecule has 0 bridgehead atoms. The molecule has 0 radical (unpaired) electrons. The summed E-state index contributed by atoms with van der Waals surface area (Å²) in [6, 6.07) is 11.0. The molecule has 0 aliphatic heterocycles. The molecule has 23 heavy (non-hydrogen) atoms. The van der Waals surface area contributed by atoms with E-state index in [1.807, 2.05) is 31.2 Å². The van der Waals surface area contributed by atoms with Gasteiger partial charge >= 0.3 is 0 Å². The van der Waals surface area contributed by atoms with Gasteiger partial charge in [0.1, 0.15) is 11.6 Å². The fourth-order valence-corrected chi connectivity index (χ4v) is 1.89. The van der Waals surface area contributed by atoms with E-state index in [1.165, 1.54) is 6.20 Å². The first kappa shape index (κ1) is 16.0. The second-order valence-corrected chi connectivity index (χ2v) is 4.95. The van der Waals surface area contributed by atoms with E-state index < -0.39 is 5.91 Å². The third-order valence-electron chi connectivity index (χ3n) is 3.12. The van der Waals surface area contributed by atoms with Crippen molar-refractivity contribution < 1.29 is 4.79 Å². The maximum absolute atomic E-state index is 12.0. The summed E-state index contributed by atoms with van der Waals surface area (Å²) >= 11 is 0. The average Bonchev–Trinajstić information content (AvgIpc) is 2.56. The van der Waals surface area contributed by atoms with Gasteiger partial charge in [-0.2, -0.15) is 5.26 Å². The number of hydrogen-bond donors (Lipinski definition) is 3. The lowest BCUT2D eigenvalue weighted by Gasteiger charge is -2.07. The molecule has 0 fully saturated rings. The van der Waals surface area contributed by atoms with Gasteiger partial charge in [0.05, 0.1) is 11.4 Å². The minimum atomic E-state index is -0.463. The van der Waals surface area contributed by atoms with Crippen LogP contribution < -0.4 is 16.4 Å². The minimum Gasteiger partial charge on any atom is -0.397 e. The third-order valence-corrected chi connectivity index (χ3v) is 3.12. The van der Waals surface area contributed by atoms with Gasteiger partial charge in [0.25, 0.3) is 5.91 Å². The second-order valence-electron chi connectivity index (χ2n) is 4.95. The Morgan fingerprint density at radius 3 is 2.91 bits per heavy atom. The molecule has 0 spiro atoms. The predicted octanol–water partition coefficient (Wildman–Crippen LogP) is 2.11. The van der Waals surface area contributed by atoms with E-state index in [2.05, 4.69) is 15.6 Å². The summed E-state index contributed by atoms with van der Waals surface area (Å²) in [4.78, 5) is 16.0.